The van der Waals surface area contributed by atoms with Gasteiger partial charge in [0.25, 0.3) is 0 Å². The third-order valence-electron chi connectivity index (χ3n) is 3.23. The van der Waals surface area contributed by atoms with Gasteiger partial charge in [0.15, 0.2) is 0 Å². The summed E-state index contributed by atoms with van der Waals surface area (Å²) >= 11 is 0. The van der Waals surface area contributed by atoms with Crippen molar-refractivity contribution in [3.05, 3.63) is 35.4 Å². The van der Waals surface area contributed by atoms with Gasteiger partial charge < -0.3 is 10.1 Å². The Kier molecular flexibility index (Phi) is 7.28. The first-order chi connectivity index (χ1) is 9.10. The summed E-state index contributed by atoms with van der Waals surface area (Å²) in [6, 6.07) is 8.57. The van der Waals surface area contributed by atoms with Crippen LogP contribution in [0, 0.1) is 6.92 Å². The molecule has 1 aromatic rings. The van der Waals surface area contributed by atoms with Crippen molar-refractivity contribution in [2.24, 2.45) is 0 Å². The molecular weight excluding hydrogens is 258 g/mol. The lowest BCUT2D eigenvalue weighted by Gasteiger charge is -2.25. The highest BCUT2D eigenvalue weighted by Gasteiger charge is 2.23. The van der Waals surface area contributed by atoms with E-state index in [1.54, 1.807) is 7.11 Å². The lowest BCUT2D eigenvalue weighted by Crippen LogP contribution is -2.34. The largest absolute Gasteiger partial charge is 0.384 e. The third-order valence-corrected chi connectivity index (χ3v) is 4.90. The highest BCUT2D eigenvalue weighted by atomic mass is 32.2. The minimum absolute atomic E-state index is 0.0674. The van der Waals surface area contributed by atoms with Crippen LogP contribution in [-0.2, 0) is 15.5 Å². The van der Waals surface area contributed by atoms with Gasteiger partial charge in [-0.25, -0.2) is 0 Å². The zero-order valence-corrected chi connectivity index (χ0v) is 13.1. The molecule has 0 aromatic heterocycles. The topological polar surface area (TPSA) is 38.3 Å². The molecule has 3 nitrogen and oxygen atoms in total. The van der Waals surface area contributed by atoms with Crippen molar-refractivity contribution in [2.45, 2.75) is 32.1 Å². The molecule has 0 aliphatic heterocycles. The highest BCUT2D eigenvalue weighted by molar-refractivity contribution is 7.85. The van der Waals surface area contributed by atoms with Crippen LogP contribution in [0.5, 0.6) is 0 Å². The van der Waals surface area contributed by atoms with Crippen molar-refractivity contribution in [3.8, 4) is 0 Å². The zero-order chi connectivity index (χ0) is 14.3. The fourth-order valence-corrected chi connectivity index (χ4v) is 3.31. The van der Waals surface area contributed by atoms with Crippen LogP contribution in [0.4, 0.5) is 0 Å². The maximum atomic E-state index is 12.2. The molecule has 0 fully saturated rings. The number of hydrogen-bond acceptors (Lipinski definition) is 3. The summed E-state index contributed by atoms with van der Waals surface area (Å²) in [5, 5.41) is 3.51. The summed E-state index contributed by atoms with van der Waals surface area (Å²) in [5.74, 6) is 0.589. The van der Waals surface area contributed by atoms with Crippen LogP contribution < -0.4 is 5.32 Å². The van der Waals surface area contributed by atoms with Gasteiger partial charge in [-0.3, -0.25) is 4.21 Å². The molecule has 0 radical (unpaired) electrons. The molecule has 3 atom stereocenters. The lowest BCUT2D eigenvalue weighted by molar-refractivity contribution is 0.217. The minimum atomic E-state index is -0.890. The Morgan fingerprint density at radius 2 is 1.95 bits per heavy atom. The van der Waals surface area contributed by atoms with E-state index >= 15 is 0 Å². The standard InChI is InChI=1S/C15H25NO2S/c1-5-16-15(13(3)19(17)11-10-18-4)14-8-6-12(2)7-9-14/h6-9,13,15-16H,5,10-11H2,1-4H3. The van der Waals surface area contributed by atoms with Crippen LogP contribution in [-0.4, -0.2) is 35.5 Å². The quantitative estimate of drug-likeness (QED) is 0.796. The Balaban J connectivity index is 2.81. The van der Waals surface area contributed by atoms with Gasteiger partial charge in [0.2, 0.25) is 0 Å². The maximum absolute atomic E-state index is 12.2. The smallest absolute Gasteiger partial charge is 0.0577 e. The number of hydrogen-bond donors (Lipinski definition) is 1. The Bertz CT molecular complexity index is 392. The lowest BCUT2D eigenvalue weighted by atomic mass is 10.0. The third kappa shape index (κ3) is 5.05. The van der Waals surface area contributed by atoms with Gasteiger partial charge in [-0.1, -0.05) is 36.8 Å². The first-order valence-electron chi connectivity index (χ1n) is 6.76. The molecule has 0 saturated carbocycles. The van der Waals surface area contributed by atoms with Gasteiger partial charge in [-0.15, -0.1) is 0 Å². The molecule has 0 saturated heterocycles. The van der Waals surface area contributed by atoms with Crippen molar-refractivity contribution in [2.75, 3.05) is 26.0 Å². The molecule has 108 valence electrons. The van der Waals surface area contributed by atoms with E-state index in [-0.39, 0.29) is 11.3 Å². The van der Waals surface area contributed by atoms with Crippen LogP contribution in [0.3, 0.4) is 0 Å². The van der Waals surface area contributed by atoms with Crippen molar-refractivity contribution in [3.63, 3.8) is 0 Å². The summed E-state index contributed by atoms with van der Waals surface area (Å²) in [6.45, 7) is 7.60. The average Bonchev–Trinajstić information content (AvgIpc) is 2.42. The second kappa shape index (κ2) is 8.46. The second-order valence-corrected chi connectivity index (χ2v) is 6.64. The van der Waals surface area contributed by atoms with E-state index in [1.807, 2.05) is 6.92 Å². The number of rotatable bonds is 8. The number of aryl methyl sites for hydroxylation is 1. The van der Waals surface area contributed by atoms with Gasteiger partial charge in [0.1, 0.15) is 0 Å². The normalized spacial score (nSPS) is 16.0. The summed E-state index contributed by atoms with van der Waals surface area (Å²) in [6.07, 6.45) is 0. The molecule has 0 heterocycles. The fraction of sp³-hybridized carbons (Fsp3) is 0.600. The Labute approximate surface area is 119 Å². The highest BCUT2D eigenvalue weighted by Crippen LogP contribution is 2.21. The fourth-order valence-electron chi connectivity index (χ4n) is 2.05. The zero-order valence-electron chi connectivity index (χ0n) is 12.3. The van der Waals surface area contributed by atoms with Gasteiger partial charge >= 0.3 is 0 Å². The molecule has 1 N–H and O–H groups in total. The minimum Gasteiger partial charge on any atom is -0.384 e. The molecule has 19 heavy (non-hydrogen) atoms. The van der Waals surface area contributed by atoms with E-state index in [4.69, 9.17) is 4.74 Å². The van der Waals surface area contributed by atoms with Crippen LogP contribution in [0.15, 0.2) is 24.3 Å². The Morgan fingerprint density at radius 1 is 1.32 bits per heavy atom. The molecule has 1 aromatic carbocycles. The first-order valence-corrected chi connectivity index (χ1v) is 8.14. The maximum Gasteiger partial charge on any atom is 0.0577 e. The van der Waals surface area contributed by atoms with Crippen molar-refractivity contribution in [1.82, 2.24) is 5.32 Å². The van der Waals surface area contributed by atoms with E-state index in [9.17, 15) is 4.21 Å². The van der Waals surface area contributed by atoms with Crippen LogP contribution in [0.1, 0.15) is 31.0 Å². The Hall–Kier alpha value is -0.710. The van der Waals surface area contributed by atoms with E-state index in [0.717, 1.165) is 6.54 Å². The van der Waals surface area contributed by atoms with Gasteiger partial charge in [0, 0.05) is 29.7 Å². The van der Waals surface area contributed by atoms with Crippen molar-refractivity contribution < 1.29 is 8.95 Å². The second-order valence-electron chi connectivity index (χ2n) is 4.73. The molecule has 0 aliphatic rings. The van der Waals surface area contributed by atoms with Gasteiger partial charge in [0.05, 0.1) is 11.9 Å². The molecule has 1 rings (SSSR count). The van der Waals surface area contributed by atoms with Crippen LogP contribution in [0.25, 0.3) is 0 Å². The Morgan fingerprint density at radius 3 is 2.47 bits per heavy atom. The summed E-state index contributed by atoms with van der Waals surface area (Å²) in [4.78, 5) is 0. The first kappa shape index (κ1) is 16.3. The van der Waals surface area contributed by atoms with E-state index in [2.05, 4.69) is 43.4 Å². The van der Waals surface area contributed by atoms with Crippen LogP contribution in [0.2, 0.25) is 0 Å². The predicted octanol–water partition coefficient (Wildman–Crippen LogP) is 2.43. The van der Waals surface area contributed by atoms with Gasteiger partial charge in [-0.05, 0) is 26.0 Å². The SMILES string of the molecule is CCNC(c1ccc(C)cc1)C(C)S(=O)CCOC. The molecule has 0 spiro atoms. The summed E-state index contributed by atoms with van der Waals surface area (Å²) in [7, 11) is 0.753. The number of benzene rings is 1. The average molecular weight is 283 g/mol. The summed E-state index contributed by atoms with van der Waals surface area (Å²) in [5.41, 5.74) is 2.44. The molecule has 0 amide bonds. The molecule has 4 heteroatoms. The number of nitrogens with one attached hydrogen (secondary N) is 1. The predicted molar refractivity (Wildman–Crippen MR) is 81.9 cm³/mol. The molecule has 0 aliphatic carbocycles. The monoisotopic (exact) mass is 283 g/mol. The van der Waals surface area contributed by atoms with Crippen LogP contribution >= 0.6 is 0 Å². The van der Waals surface area contributed by atoms with Crippen molar-refractivity contribution in [1.29, 1.82) is 0 Å². The van der Waals surface area contributed by atoms with E-state index in [0.29, 0.717) is 12.4 Å². The summed E-state index contributed by atoms with van der Waals surface area (Å²) < 4.78 is 17.3. The number of ether oxygens (including phenoxy) is 1. The molecule has 0 bridgehead atoms. The number of methoxy groups -OCH3 is 1. The van der Waals surface area contributed by atoms with Crippen molar-refractivity contribution >= 4 is 10.8 Å². The van der Waals surface area contributed by atoms with E-state index < -0.39 is 10.8 Å². The van der Waals surface area contributed by atoms with E-state index in [1.165, 1.54) is 11.1 Å². The molecule has 3 unspecified atom stereocenters. The van der Waals surface area contributed by atoms with Gasteiger partial charge in [-0.2, -0.15) is 0 Å². The molecular formula is C15H25NO2S.